The largest absolute Gasteiger partial charge is 0.394 e. The van der Waals surface area contributed by atoms with Crippen LogP contribution in [0.2, 0.25) is 0 Å². The first-order valence-corrected chi connectivity index (χ1v) is 8.00. The van der Waals surface area contributed by atoms with Crippen molar-refractivity contribution in [2.24, 2.45) is 23.7 Å². The van der Waals surface area contributed by atoms with Crippen LogP contribution in [-0.4, -0.2) is 24.4 Å². The van der Waals surface area contributed by atoms with Crippen LogP contribution in [-0.2, 0) is 4.74 Å². The number of fused-ring (bicyclic) bond motifs is 1. The first kappa shape index (κ1) is 14.3. The van der Waals surface area contributed by atoms with Gasteiger partial charge in [-0.05, 0) is 49.4 Å². The second kappa shape index (κ2) is 6.91. The van der Waals surface area contributed by atoms with E-state index in [1.807, 2.05) is 0 Å². The Bertz CT molecular complexity index is 241. The lowest BCUT2D eigenvalue weighted by Crippen LogP contribution is -2.42. The normalized spacial score (nSPS) is 38.2. The molecule has 2 saturated carbocycles. The summed E-state index contributed by atoms with van der Waals surface area (Å²) < 4.78 is 5.91. The van der Waals surface area contributed by atoms with Crippen molar-refractivity contribution in [3.05, 3.63) is 0 Å². The second-order valence-electron chi connectivity index (χ2n) is 6.37. The lowest BCUT2D eigenvalue weighted by atomic mass is 9.61. The van der Waals surface area contributed by atoms with Gasteiger partial charge in [-0.2, -0.15) is 0 Å². The van der Waals surface area contributed by atoms with Crippen LogP contribution >= 0.6 is 0 Å². The van der Waals surface area contributed by atoms with Crippen molar-refractivity contribution < 1.29 is 9.84 Å². The summed E-state index contributed by atoms with van der Waals surface area (Å²) in [5.74, 6) is 3.47. The van der Waals surface area contributed by atoms with Gasteiger partial charge in [-0.3, -0.25) is 0 Å². The number of ether oxygens (including phenoxy) is 1. The SMILES string of the molecule is CCC(C)C1CCCC2C(OCCO)CCCC12. The van der Waals surface area contributed by atoms with Gasteiger partial charge in [-0.25, -0.2) is 0 Å². The van der Waals surface area contributed by atoms with Crippen LogP contribution < -0.4 is 0 Å². The third kappa shape index (κ3) is 3.08. The maximum atomic E-state index is 8.95. The molecule has 2 nitrogen and oxygen atoms in total. The Balaban J connectivity index is 2.00. The van der Waals surface area contributed by atoms with Crippen molar-refractivity contribution in [1.82, 2.24) is 0 Å². The molecule has 2 aliphatic carbocycles. The van der Waals surface area contributed by atoms with Crippen molar-refractivity contribution in [1.29, 1.82) is 0 Å². The quantitative estimate of drug-likeness (QED) is 0.812. The van der Waals surface area contributed by atoms with Gasteiger partial charge in [0.1, 0.15) is 0 Å². The maximum Gasteiger partial charge on any atom is 0.0701 e. The van der Waals surface area contributed by atoms with E-state index in [1.165, 1.54) is 44.9 Å². The van der Waals surface area contributed by atoms with Gasteiger partial charge in [0, 0.05) is 0 Å². The molecule has 0 spiro atoms. The minimum absolute atomic E-state index is 0.169. The molecule has 0 aromatic carbocycles. The molecule has 5 atom stereocenters. The van der Waals surface area contributed by atoms with E-state index in [9.17, 15) is 0 Å². The van der Waals surface area contributed by atoms with Crippen LogP contribution in [0.25, 0.3) is 0 Å². The lowest BCUT2D eigenvalue weighted by Gasteiger charge is -2.47. The van der Waals surface area contributed by atoms with Crippen molar-refractivity contribution >= 4 is 0 Å². The van der Waals surface area contributed by atoms with E-state index < -0.39 is 0 Å². The molecule has 2 rings (SSSR count). The number of rotatable bonds is 5. The Labute approximate surface area is 112 Å². The van der Waals surface area contributed by atoms with E-state index in [0.29, 0.717) is 12.7 Å². The summed E-state index contributed by atoms with van der Waals surface area (Å²) in [5, 5.41) is 8.95. The summed E-state index contributed by atoms with van der Waals surface area (Å²) >= 11 is 0. The van der Waals surface area contributed by atoms with Gasteiger partial charge in [0.2, 0.25) is 0 Å². The average molecular weight is 254 g/mol. The number of aliphatic hydroxyl groups excluding tert-OH is 1. The molecule has 0 aromatic heterocycles. The number of aliphatic hydroxyl groups is 1. The van der Waals surface area contributed by atoms with E-state index in [2.05, 4.69) is 13.8 Å². The monoisotopic (exact) mass is 254 g/mol. The van der Waals surface area contributed by atoms with Crippen LogP contribution in [0.5, 0.6) is 0 Å². The highest BCUT2D eigenvalue weighted by Gasteiger charge is 2.41. The van der Waals surface area contributed by atoms with Crippen molar-refractivity contribution in [3.8, 4) is 0 Å². The summed E-state index contributed by atoms with van der Waals surface area (Å²) in [6.45, 7) is 5.46. The molecule has 0 aliphatic heterocycles. The lowest BCUT2D eigenvalue weighted by molar-refractivity contribution is -0.0769. The zero-order valence-corrected chi connectivity index (χ0v) is 12.1. The molecule has 0 saturated heterocycles. The molecular weight excluding hydrogens is 224 g/mol. The smallest absolute Gasteiger partial charge is 0.0701 e. The predicted octanol–water partition coefficient (Wildman–Crippen LogP) is 3.63. The molecule has 0 aromatic rings. The minimum Gasteiger partial charge on any atom is -0.394 e. The van der Waals surface area contributed by atoms with Gasteiger partial charge in [0.15, 0.2) is 0 Å². The zero-order valence-electron chi connectivity index (χ0n) is 12.1. The molecule has 2 aliphatic rings. The molecule has 5 unspecified atom stereocenters. The highest BCUT2D eigenvalue weighted by Crippen LogP contribution is 2.47. The fourth-order valence-corrected chi connectivity index (χ4v) is 4.41. The Hall–Kier alpha value is -0.0800. The molecule has 0 amide bonds. The summed E-state index contributed by atoms with van der Waals surface area (Å²) in [7, 11) is 0. The highest BCUT2D eigenvalue weighted by molar-refractivity contribution is 4.91. The number of hydrogen-bond donors (Lipinski definition) is 1. The average Bonchev–Trinajstić information content (AvgIpc) is 2.43. The van der Waals surface area contributed by atoms with E-state index in [0.717, 1.165) is 23.7 Å². The van der Waals surface area contributed by atoms with Crippen molar-refractivity contribution in [3.63, 3.8) is 0 Å². The first-order valence-electron chi connectivity index (χ1n) is 8.00. The third-order valence-corrected chi connectivity index (χ3v) is 5.48. The van der Waals surface area contributed by atoms with Gasteiger partial charge in [0.05, 0.1) is 19.3 Å². The summed E-state index contributed by atoms with van der Waals surface area (Å²) in [6.07, 6.45) is 9.88. The van der Waals surface area contributed by atoms with Gasteiger partial charge < -0.3 is 9.84 Å². The molecule has 0 radical (unpaired) electrons. The highest BCUT2D eigenvalue weighted by atomic mass is 16.5. The molecular formula is C16H30O2. The Morgan fingerprint density at radius 1 is 1.11 bits per heavy atom. The van der Waals surface area contributed by atoms with Crippen LogP contribution in [0.15, 0.2) is 0 Å². The van der Waals surface area contributed by atoms with E-state index in [1.54, 1.807) is 0 Å². The summed E-state index contributed by atoms with van der Waals surface area (Å²) in [6, 6.07) is 0. The first-order chi connectivity index (χ1) is 8.77. The van der Waals surface area contributed by atoms with Crippen LogP contribution in [0, 0.1) is 23.7 Å². The molecule has 18 heavy (non-hydrogen) atoms. The maximum absolute atomic E-state index is 8.95. The molecule has 0 heterocycles. The Morgan fingerprint density at radius 3 is 2.56 bits per heavy atom. The van der Waals surface area contributed by atoms with Crippen LogP contribution in [0.1, 0.15) is 58.8 Å². The van der Waals surface area contributed by atoms with E-state index >= 15 is 0 Å². The van der Waals surface area contributed by atoms with E-state index in [4.69, 9.17) is 9.84 Å². The fourth-order valence-electron chi connectivity index (χ4n) is 4.41. The molecule has 1 N–H and O–H groups in total. The molecule has 2 heteroatoms. The Kier molecular flexibility index (Phi) is 5.50. The van der Waals surface area contributed by atoms with Crippen molar-refractivity contribution in [2.75, 3.05) is 13.2 Å². The standard InChI is InChI=1S/C16H30O2/c1-3-12(2)13-6-4-8-15-14(13)7-5-9-16(15)18-11-10-17/h12-17H,3-11H2,1-2H3. The zero-order chi connectivity index (χ0) is 13.0. The second-order valence-corrected chi connectivity index (χ2v) is 6.37. The van der Waals surface area contributed by atoms with Gasteiger partial charge >= 0.3 is 0 Å². The predicted molar refractivity (Wildman–Crippen MR) is 74.5 cm³/mol. The van der Waals surface area contributed by atoms with Crippen molar-refractivity contribution in [2.45, 2.75) is 64.9 Å². The van der Waals surface area contributed by atoms with Gasteiger partial charge in [-0.15, -0.1) is 0 Å². The fraction of sp³-hybridized carbons (Fsp3) is 1.00. The number of hydrogen-bond acceptors (Lipinski definition) is 2. The molecule has 106 valence electrons. The summed E-state index contributed by atoms with van der Waals surface area (Å²) in [5.41, 5.74) is 0. The summed E-state index contributed by atoms with van der Waals surface area (Å²) in [4.78, 5) is 0. The Morgan fingerprint density at radius 2 is 1.83 bits per heavy atom. The minimum atomic E-state index is 0.169. The third-order valence-electron chi connectivity index (χ3n) is 5.48. The molecule has 0 bridgehead atoms. The van der Waals surface area contributed by atoms with Gasteiger partial charge in [-0.1, -0.05) is 33.1 Å². The van der Waals surface area contributed by atoms with Crippen LogP contribution in [0.3, 0.4) is 0 Å². The van der Waals surface area contributed by atoms with Crippen LogP contribution in [0.4, 0.5) is 0 Å². The van der Waals surface area contributed by atoms with Gasteiger partial charge in [0.25, 0.3) is 0 Å². The topological polar surface area (TPSA) is 29.5 Å². The molecule has 2 fully saturated rings. The van der Waals surface area contributed by atoms with E-state index in [-0.39, 0.29) is 6.61 Å².